The highest BCUT2D eigenvalue weighted by Gasteiger charge is 2.36. The van der Waals surface area contributed by atoms with Crippen LogP contribution in [0.5, 0.6) is 0 Å². The summed E-state index contributed by atoms with van der Waals surface area (Å²) < 4.78 is 0. The van der Waals surface area contributed by atoms with E-state index in [1.807, 2.05) is 32.9 Å². The molecule has 2 amide bonds. The summed E-state index contributed by atoms with van der Waals surface area (Å²) in [5.41, 5.74) is 4.32. The zero-order valence-electron chi connectivity index (χ0n) is 15.2. The van der Waals surface area contributed by atoms with Gasteiger partial charge in [-0.25, -0.2) is 0 Å². The standard InChI is InChI=1S/C20H18N2O4S/c1-12-8-13(2)16(14(3)9-12)10-18-19(23)21(20(24)27-18)11-15-6-4-5-7-17(15)22(25)26/h4-10H,11H2,1-3H3/b18-10-. The summed E-state index contributed by atoms with van der Waals surface area (Å²) in [6, 6.07) is 10.2. The third-order valence-electron chi connectivity index (χ3n) is 4.40. The molecule has 1 fully saturated rings. The molecule has 1 aliphatic heterocycles. The maximum atomic E-state index is 12.7. The summed E-state index contributed by atoms with van der Waals surface area (Å²) >= 11 is 0.860. The highest BCUT2D eigenvalue weighted by atomic mass is 32.2. The maximum absolute atomic E-state index is 12.7. The van der Waals surface area contributed by atoms with Gasteiger partial charge in [-0.05, 0) is 55.3 Å². The Morgan fingerprint density at radius 3 is 2.37 bits per heavy atom. The van der Waals surface area contributed by atoms with Crippen molar-refractivity contribution in [3.05, 3.63) is 79.2 Å². The molecule has 0 unspecified atom stereocenters. The smallest absolute Gasteiger partial charge is 0.268 e. The molecule has 0 bridgehead atoms. The molecule has 0 spiro atoms. The number of para-hydroxylation sites is 1. The first-order chi connectivity index (χ1) is 12.8. The Morgan fingerprint density at radius 2 is 1.74 bits per heavy atom. The van der Waals surface area contributed by atoms with Gasteiger partial charge < -0.3 is 0 Å². The fraction of sp³-hybridized carbons (Fsp3) is 0.200. The molecule has 2 aromatic rings. The minimum atomic E-state index is -0.511. The van der Waals surface area contributed by atoms with Crippen LogP contribution in [0.4, 0.5) is 10.5 Å². The fourth-order valence-corrected chi connectivity index (χ4v) is 4.00. The Hall–Kier alpha value is -2.93. The normalized spacial score (nSPS) is 15.7. The molecule has 1 aliphatic rings. The SMILES string of the molecule is Cc1cc(C)c(/C=C2\SC(=O)N(Cc3ccccc3[N+](=O)[O-])C2=O)c(C)c1. The number of carbonyl (C=O) groups is 2. The molecule has 27 heavy (non-hydrogen) atoms. The molecule has 0 aliphatic carbocycles. The van der Waals surface area contributed by atoms with E-state index in [9.17, 15) is 19.7 Å². The number of carbonyl (C=O) groups excluding carboxylic acids is 2. The van der Waals surface area contributed by atoms with Crippen molar-refractivity contribution >= 4 is 34.7 Å². The molecule has 0 radical (unpaired) electrons. The van der Waals surface area contributed by atoms with Crippen LogP contribution in [0.15, 0.2) is 41.3 Å². The number of nitrogens with zero attached hydrogens (tertiary/aromatic N) is 2. The number of rotatable bonds is 4. The van der Waals surface area contributed by atoms with E-state index in [0.29, 0.717) is 10.5 Å². The van der Waals surface area contributed by atoms with Gasteiger partial charge in [0.2, 0.25) is 0 Å². The molecular weight excluding hydrogens is 364 g/mol. The van der Waals surface area contributed by atoms with Crippen LogP contribution < -0.4 is 0 Å². The van der Waals surface area contributed by atoms with Crippen LogP contribution in [-0.2, 0) is 11.3 Å². The van der Waals surface area contributed by atoms with Crippen molar-refractivity contribution in [2.45, 2.75) is 27.3 Å². The van der Waals surface area contributed by atoms with Crippen molar-refractivity contribution < 1.29 is 14.5 Å². The van der Waals surface area contributed by atoms with Crippen LogP contribution in [-0.4, -0.2) is 21.0 Å². The van der Waals surface area contributed by atoms with Gasteiger partial charge in [-0.2, -0.15) is 0 Å². The van der Waals surface area contributed by atoms with Gasteiger partial charge in [0.1, 0.15) is 0 Å². The lowest BCUT2D eigenvalue weighted by atomic mass is 9.99. The van der Waals surface area contributed by atoms with Gasteiger partial charge in [-0.1, -0.05) is 35.9 Å². The van der Waals surface area contributed by atoms with E-state index >= 15 is 0 Å². The first-order valence-electron chi connectivity index (χ1n) is 8.33. The predicted octanol–water partition coefficient (Wildman–Crippen LogP) is 4.76. The van der Waals surface area contributed by atoms with Crippen molar-refractivity contribution in [3.8, 4) is 0 Å². The number of hydrogen-bond donors (Lipinski definition) is 0. The van der Waals surface area contributed by atoms with E-state index in [0.717, 1.165) is 38.9 Å². The number of nitro benzene ring substituents is 1. The topological polar surface area (TPSA) is 80.5 Å². The van der Waals surface area contributed by atoms with E-state index in [2.05, 4.69) is 0 Å². The third-order valence-corrected chi connectivity index (χ3v) is 5.31. The van der Waals surface area contributed by atoms with Crippen molar-refractivity contribution in [2.24, 2.45) is 0 Å². The first kappa shape index (κ1) is 18.8. The summed E-state index contributed by atoms with van der Waals surface area (Å²) in [5, 5.41) is 10.7. The molecule has 138 valence electrons. The zero-order chi connectivity index (χ0) is 19.7. The minimum absolute atomic E-state index is 0.106. The van der Waals surface area contributed by atoms with Crippen molar-refractivity contribution in [1.82, 2.24) is 4.90 Å². The van der Waals surface area contributed by atoms with Crippen LogP contribution >= 0.6 is 11.8 Å². The van der Waals surface area contributed by atoms with E-state index in [1.165, 1.54) is 6.07 Å². The van der Waals surface area contributed by atoms with Gasteiger partial charge in [0.05, 0.1) is 16.4 Å². The molecule has 2 aromatic carbocycles. The molecule has 7 heteroatoms. The number of amides is 2. The van der Waals surface area contributed by atoms with E-state index in [-0.39, 0.29) is 12.2 Å². The maximum Gasteiger partial charge on any atom is 0.293 e. The molecule has 1 saturated heterocycles. The summed E-state index contributed by atoms with van der Waals surface area (Å²) in [6.45, 7) is 5.81. The number of thioether (sulfide) groups is 1. The van der Waals surface area contributed by atoms with Crippen LogP contribution in [0.2, 0.25) is 0 Å². The number of nitro groups is 1. The second kappa shape index (κ2) is 7.36. The summed E-state index contributed by atoms with van der Waals surface area (Å²) in [5.74, 6) is -0.428. The third kappa shape index (κ3) is 3.78. The predicted molar refractivity (Wildman–Crippen MR) is 105 cm³/mol. The lowest BCUT2D eigenvalue weighted by Gasteiger charge is -2.12. The molecule has 0 atom stereocenters. The Balaban J connectivity index is 1.92. The van der Waals surface area contributed by atoms with Crippen molar-refractivity contribution in [3.63, 3.8) is 0 Å². The average Bonchev–Trinajstić information content (AvgIpc) is 2.86. The highest BCUT2D eigenvalue weighted by Crippen LogP contribution is 2.35. The van der Waals surface area contributed by atoms with Gasteiger partial charge in [0.25, 0.3) is 16.8 Å². The second-order valence-corrected chi connectivity index (χ2v) is 7.46. The number of aryl methyl sites for hydroxylation is 3. The number of imide groups is 1. The zero-order valence-corrected chi connectivity index (χ0v) is 16.0. The monoisotopic (exact) mass is 382 g/mol. The second-order valence-electron chi connectivity index (χ2n) is 6.47. The summed E-state index contributed by atoms with van der Waals surface area (Å²) in [6.07, 6.45) is 1.73. The Kier molecular flexibility index (Phi) is 5.14. The molecule has 6 nitrogen and oxygen atoms in total. The molecule has 3 rings (SSSR count). The average molecular weight is 382 g/mol. The Bertz CT molecular complexity index is 974. The van der Waals surface area contributed by atoms with Gasteiger partial charge in [-0.3, -0.25) is 24.6 Å². The number of benzene rings is 2. The van der Waals surface area contributed by atoms with E-state index in [1.54, 1.807) is 24.3 Å². The fourth-order valence-electron chi connectivity index (χ4n) is 3.18. The van der Waals surface area contributed by atoms with Crippen LogP contribution in [0.3, 0.4) is 0 Å². The summed E-state index contributed by atoms with van der Waals surface area (Å²) in [4.78, 5) is 37.1. The Morgan fingerprint density at radius 1 is 1.11 bits per heavy atom. The largest absolute Gasteiger partial charge is 0.293 e. The lowest BCUT2D eigenvalue weighted by Crippen LogP contribution is -2.27. The van der Waals surface area contributed by atoms with Gasteiger partial charge in [0.15, 0.2) is 0 Å². The molecule has 0 aromatic heterocycles. The van der Waals surface area contributed by atoms with Gasteiger partial charge in [0, 0.05) is 11.6 Å². The van der Waals surface area contributed by atoms with Crippen molar-refractivity contribution in [2.75, 3.05) is 0 Å². The van der Waals surface area contributed by atoms with Crippen LogP contribution in [0, 0.1) is 30.9 Å². The van der Waals surface area contributed by atoms with E-state index < -0.39 is 16.1 Å². The summed E-state index contributed by atoms with van der Waals surface area (Å²) in [7, 11) is 0. The Labute approximate surface area is 161 Å². The molecule has 1 heterocycles. The van der Waals surface area contributed by atoms with Crippen LogP contribution in [0.1, 0.15) is 27.8 Å². The number of hydrogen-bond acceptors (Lipinski definition) is 5. The van der Waals surface area contributed by atoms with Gasteiger partial charge in [-0.15, -0.1) is 0 Å². The highest BCUT2D eigenvalue weighted by molar-refractivity contribution is 8.18. The quantitative estimate of drug-likeness (QED) is 0.433. The first-order valence-corrected chi connectivity index (χ1v) is 9.15. The van der Waals surface area contributed by atoms with E-state index in [4.69, 9.17) is 0 Å². The van der Waals surface area contributed by atoms with Crippen LogP contribution in [0.25, 0.3) is 6.08 Å². The molecular formula is C20H18N2O4S. The van der Waals surface area contributed by atoms with Crippen molar-refractivity contribution in [1.29, 1.82) is 0 Å². The van der Waals surface area contributed by atoms with Gasteiger partial charge >= 0.3 is 0 Å². The lowest BCUT2D eigenvalue weighted by molar-refractivity contribution is -0.385. The minimum Gasteiger partial charge on any atom is -0.268 e. The molecule has 0 saturated carbocycles. The molecule has 0 N–H and O–H groups in total.